The SMILES string of the molecule is [B]c1cc(C2CC2)c(C(C)C)c(C)n1. The van der Waals surface area contributed by atoms with Crippen LogP contribution in [0.2, 0.25) is 0 Å². The first-order chi connectivity index (χ1) is 6.59. The third-order valence-electron chi connectivity index (χ3n) is 2.90. The number of aromatic nitrogens is 1. The van der Waals surface area contributed by atoms with Crippen LogP contribution < -0.4 is 5.59 Å². The lowest BCUT2D eigenvalue weighted by atomic mass is 9.89. The minimum absolute atomic E-state index is 0.554. The van der Waals surface area contributed by atoms with Crippen LogP contribution in [0.25, 0.3) is 0 Å². The zero-order valence-corrected chi connectivity index (χ0v) is 9.17. The zero-order valence-electron chi connectivity index (χ0n) is 9.17. The van der Waals surface area contributed by atoms with Crippen molar-refractivity contribution in [3.63, 3.8) is 0 Å². The Morgan fingerprint density at radius 2 is 2.07 bits per heavy atom. The van der Waals surface area contributed by atoms with E-state index in [0.29, 0.717) is 11.5 Å². The molecule has 2 heteroatoms. The van der Waals surface area contributed by atoms with Gasteiger partial charge in [0.25, 0.3) is 0 Å². The molecule has 1 nitrogen and oxygen atoms in total. The molecule has 0 aliphatic heterocycles. The Bertz CT molecular complexity index is 354. The van der Waals surface area contributed by atoms with Crippen molar-refractivity contribution in [1.29, 1.82) is 0 Å². The van der Waals surface area contributed by atoms with Gasteiger partial charge in [-0.2, -0.15) is 0 Å². The molecule has 0 unspecified atom stereocenters. The second-order valence-electron chi connectivity index (χ2n) is 4.56. The van der Waals surface area contributed by atoms with Gasteiger partial charge in [-0.15, -0.1) is 0 Å². The quantitative estimate of drug-likeness (QED) is 0.643. The molecule has 14 heavy (non-hydrogen) atoms. The smallest absolute Gasteiger partial charge is 0.141 e. The van der Waals surface area contributed by atoms with Gasteiger partial charge in [0.05, 0.1) is 0 Å². The monoisotopic (exact) mass is 185 g/mol. The van der Waals surface area contributed by atoms with Gasteiger partial charge in [0.1, 0.15) is 7.85 Å². The highest BCUT2D eigenvalue weighted by Crippen LogP contribution is 2.43. The van der Waals surface area contributed by atoms with E-state index in [2.05, 4.69) is 31.8 Å². The molecule has 0 N–H and O–H groups in total. The fourth-order valence-electron chi connectivity index (χ4n) is 2.22. The highest BCUT2D eigenvalue weighted by Gasteiger charge is 2.27. The van der Waals surface area contributed by atoms with Crippen molar-refractivity contribution < 1.29 is 0 Å². The van der Waals surface area contributed by atoms with Crippen LogP contribution in [-0.4, -0.2) is 12.8 Å². The fraction of sp³-hybridized carbons (Fsp3) is 0.583. The molecule has 1 aliphatic rings. The lowest BCUT2D eigenvalue weighted by molar-refractivity contribution is 0.820. The minimum atomic E-state index is 0.554. The molecule has 1 heterocycles. The Morgan fingerprint density at radius 3 is 2.57 bits per heavy atom. The molecule has 0 aromatic carbocycles. The van der Waals surface area contributed by atoms with Gasteiger partial charge >= 0.3 is 0 Å². The van der Waals surface area contributed by atoms with Crippen molar-refractivity contribution in [2.24, 2.45) is 0 Å². The molecule has 1 aliphatic carbocycles. The normalized spacial score (nSPS) is 16.3. The standard InChI is InChI=1S/C12H16BN/c1-7(2)12-8(3)14-11(13)6-10(12)9-4-5-9/h6-7,9H,4-5H2,1-3H3. The van der Waals surface area contributed by atoms with Crippen molar-refractivity contribution in [3.05, 3.63) is 22.9 Å². The maximum atomic E-state index is 5.78. The summed E-state index contributed by atoms with van der Waals surface area (Å²) in [6, 6.07) is 2.07. The van der Waals surface area contributed by atoms with E-state index >= 15 is 0 Å². The molecule has 1 fully saturated rings. The van der Waals surface area contributed by atoms with Crippen LogP contribution in [0.4, 0.5) is 0 Å². The van der Waals surface area contributed by atoms with Gasteiger partial charge in [0.15, 0.2) is 0 Å². The Kier molecular flexibility index (Phi) is 2.38. The molecule has 2 radical (unpaired) electrons. The average molecular weight is 185 g/mol. The average Bonchev–Trinajstić information content (AvgIpc) is 2.82. The third-order valence-corrected chi connectivity index (χ3v) is 2.90. The number of rotatable bonds is 2. The van der Waals surface area contributed by atoms with Gasteiger partial charge in [-0.3, -0.25) is 4.98 Å². The molecule has 1 aromatic rings. The van der Waals surface area contributed by atoms with E-state index in [-0.39, 0.29) is 0 Å². The van der Waals surface area contributed by atoms with Crippen molar-refractivity contribution in [2.75, 3.05) is 0 Å². The summed E-state index contributed by atoms with van der Waals surface area (Å²) in [4.78, 5) is 4.34. The molecule has 0 amide bonds. The Hall–Kier alpha value is -0.785. The van der Waals surface area contributed by atoms with Gasteiger partial charge < -0.3 is 0 Å². The number of aryl methyl sites for hydroxylation is 1. The number of pyridine rings is 1. The minimum Gasteiger partial charge on any atom is -0.269 e. The van der Waals surface area contributed by atoms with Crippen LogP contribution in [0, 0.1) is 6.92 Å². The van der Waals surface area contributed by atoms with Crippen LogP contribution in [0.1, 0.15) is 55.3 Å². The lowest BCUT2D eigenvalue weighted by Crippen LogP contribution is -2.14. The molecule has 1 aromatic heterocycles. The highest BCUT2D eigenvalue weighted by molar-refractivity contribution is 6.30. The fourth-order valence-corrected chi connectivity index (χ4v) is 2.22. The molecular formula is C12H16BN. The van der Waals surface area contributed by atoms with Crippen molar-refractivity contribution in [3.8, 4) is 0 Å². The second-order valence-corrected chi connectivity index (χ2v) is 4.56. The Labute approximate surface area is 87.4 Å². The van der Waals surface area contributed by atoms with Crippen molar-refractivity contribution >= 4 is 13.4 Å². The van der Waals surface area contributed by atoms with E-state index in [4.69, 9.17) is 7.85 Å². The van der Waals surface area contributed by atoms with Gasteiger partial charge in [-0.25, -0.2) is 0 Å². The first-order valence-corrected chi connectivity index (χ1v) is 5.36. The van der Waals surface area contributed by atoms with Crippen LogP contribution in [0.3, 0.4) is 0 Å². The van der Waals surface area contributed by atoms with E-state index in [9.17, 15) is 0 Å². The largest absolute Gasteiger partial charge is 0.269 e. The number of nitrogens with zero attached hydrogens (tertiary/aromatic N) is 1. The summed E-state index contributed by atoms with van der Waals surface area (Å²) in [5, 5.41) is 0. The van der Waals surface area contributed by atoms with Crippen LogP contribution >= 0.6 is 0 Å². The van der Waals surface area contributed by atoms with Gasteiger partial charge in [0.2, 0.25) is 0 Å². The van der Waals surface area contributed by atoms with Crippen LogP contribution in [0.5, 0.6) is 0 Å². The molecule has 0 saturated heterocycles. The summed E-state index contributed by atoms with van der Waals surface area (Å²) < 4.78 is 0. The summed E-state index contributed by atoms with van der Waals surface area (Å²) in [5.41, 5.74) is 4.66. The maximum absolute atomic E-state index is 5.78. The van der Waals surface area contributed by atoms with E-state index in [1.807, 2.05) is 0 Å². The number of hydrogen-bond donors (Lipinski definition) is 0. The summed E-state index contributed by atoms with van der Waals surface area (Å²) in [6.07, 6.45) is 2.64. The van der Waals surface area contributed by atoms with E-state index in [1.54, 1.807) is 0 Å². The molecule has 0 bridgehead atoms. The van der Waals surface area contributed by atoms with Crippen LogP contribution in [-0.2, 0) is 0 Å². The molecular weight excluding hydrogens is 169 g/mol. The first kappa shape index (κ1) is 9.76. The van der Waals surface area contributed by atoms with Gasteiger partial charge in [0, 0.05) is 5.69 Å². The summed E-state index contributed by atoms with van der Waals surface area (Å²) in [6.45, 7) is 6.52. The maximum Gasteiger partial charge on any atom is 0.141 e. The van der Waals surface area contributed by atoms with E-state index in [0.717, 1.165) is 11.6 Å². The van der Waals surface area contributed by atoms with Gasteiger partial charge in [-0.05, 0) is 54.4 Å². The van der Waals surface area contributed by atoms with E-state index in [1.165, 1.54) is 24.0 Å². The summed E-state index contributed by atoms with van der Waals surface area (Å²) in [7, 11) is 5.78. The second kappa shape index (κ2) is 3.41. The summed E-state index contributed by atoms with van der Waals surface area (Å²) in [5.74, 6) is 1.31. The first-order valence-electron chi connectivity index (χ1n) is 5.36. The number of hydrogen-bond acceptors (Lipinski definition) is 1. The van der Waals surface area contributed by atoms with Crippen molar-refractivity contribution in [2.45, 2.75) is 45.4 Å². The molecule has 72 valence electrons. The van der Waals surface area contributed by atoms with Crippen molar-refractivity contribution in [1.82, 2.24) is 4.98 Å². The van der Waals surface area contributed by atoms with E-state index < -0.39 is 0 Å². The highest BCUT2D eigenvalue weighted by atomic mass is 14.7. The molecule has 1 saturated carbocycles. The predicted octanol–water partition coefficient (Wildman–Crippen LogP) is 2.18. The summed E-state index contributed by atoms with van der Waals surface area (Å²) >= 11 is 0. The molecule has 0 spiro atoms. The predicted molar refractivity (Wildman–Crippen MR) is 60.4 cm³/mol. The third kappa shape index (κ3) is 1.70. The van der Waals surface area contributed by atoms with Gasteiger partial charge in [-0.1, -0.05) is 13.8 Å². The zero-order chi connectivity index (χ0) is 10.3. The van der Waals surface area contributed by atoms with Crippen LogP contribution in [0.15, 0.2) is 6.07 Å². The Morgan fingerprint density at radius 1 is 1.43 bits per heavy atom. The lowest BCUT2D eigenvalue weighted by Gasteiger charge is -2.16. The molecule has 0 atom stereocenters. The topological polar surface area (TPSA) is 12.9 Å². The molecule has 2 rings (SSSR count). The Balaban J connectivity index is 2.53.